The molecule has 0 aromatic rings. The van der Waals surface area contributed by atoms with Crippen molar-refractivity contribution in [2.24, 2.45) is 0 Å². The Labute approximate surface area is 506 Å². The van der Waals surface area contributed by atoms with Gasteiger partial charge >= 0.3 is 5.97 Å². The van der Waals surface area contributed by atoms with E-state index in [1.165, 1.54) is 109 Å². The molecule has 0 aromatic carbocycles. The Balaban J connectivity index is 2.69. The third-order valence-electron chi connectivity index (χ3n) is 14.9. The van der Waals surface area contributed by atoms with Crippen LogP contribution in [0.4, 0.5) is 0 Å². The summed E-state index contributed by atoms with van der Waals surface area (Å²) in [5.74, 6) is -1.29. The van der Waals surface area contributed by atoms with Crippen molar-refractivity contribution in [2.75, 3.05) is 13.2 Å². The number of amides is 1. The van der Waals surface area contributed by atoms with Crippen LogP contribution in [-0.4, -0.2) is 99.6 Å². The summed E-state index contributed by atoms with van der Waals surface area (Å²) in [5.41, 5.74) is 0. The first kappa shape index (κ1) is 77.1. The lowest BCUT2D eigenvalue weighted by Gasteiger charge is -2.41. The Hall–Kier alpha value is -3.94. The molecule has 0 spiro atoms. The zero-order valence-electron chi connectivity index (χ0n) is 52.5. The average molecular weight is 1160 g/mol. The highest BCUT2D eigenvalue weighted by Gasteiger charge is 2.47. The van der Waals surface area contributed by atoms with Gasteiger partial charge in [0.1, 0.15) is 24.4 Å². The number of ether oxygens (including phenoxy) is 3. The van der Waals surface area contributed by atoms with Crippen molar-refractivity contribution < 1.29 is 49.3 Å². The van der Waals surface area contributed by atoms with E-state index in [2.05, 4.69) is 117 Å². The zero-order valence-corrected chi connectivity index (χ0v) is 52.5. The van der Waals surface area contributed by atoms with Gasteiger partial charge in [0.15, 0.2) is 12.4 Å². The van der Waals surface area contributed by atoms with Crippen LogP contribution in [0.1, 0.15) is 258 Å². The Morgan fingerprint density at radius 2 is 0.867 bits per heavy atom. The Morgan fingerprint density at radius 3 is 1.33 bits per heavy atom. The van der Waals surface area contributed by atoms with Gasteiger partial charge in [0.2, 0.25) is 5.91 Å². The van der Waals surface area contributed by atoms with Crippen molar-refractivity contribution in [2.45, 2.75) is 307 Å². The summed E-state index contributed by atoms with van der Waals surface area (Å²) in [6.45, 7) is 5.61. The molecule has 0 aromatic heterocycles. The number of unbranched alkanes of at least 4 members (excludes halogenated alkanes) is 24. The second-order valence-corrected chi connectivity index (χ2v) is 22.5. The molecule has 8 unspecified atom stereocenters. The summed E-state index contributed by atoms with van der Waals surface area (Å²) in [6, 6.07) is -1.07. The molecular weight excluding hydrogens is 1040 g/mol. The van der Waals surface area contributed by atoms with Crippen molar-refractivity contribution in [3.8, 4) is 0 Å². The molecule has 11 nitrogen and oxygen atoms in total. The van der Waals surface area contributed by atoms with E-state index in [4.69, 9.17) is 14.2 Å². The number of aliphatic hydroxyl groups excluding tert-OH is 5. The number of carbonyl (C=O) groups excluding carboxylic acids is 2. The molecule has 11 heteroatoms. The smallest absolute Gasteiger partial charge is 0.306 e. The van der Waals surface area contributed by atoms with Crippen LogP contribution in [0.3, 0.4) is 0 Å². The molecule has 6 N–H and O–H groups in total. The maximum Gasteiger partial charge on any atom is 0.306 e. The lowest BCUT2D eigenvalue weighted by molar-refractivity contribution is -0.305. The molecule has 1 amide bonds. The van der Waals surface area contributed by atoms with E-state index in [1.807, 2.05) is 18.2 Å². The first-order valence-corrected chi connectivity index (χ1v) is 33.3. The van der Waals surface area contributed by atoms with Gasteiger partial charge in [-0.1, -0.05) is 271 Å². The number of carbonyl (C=O) groups is 2. The molecule has 0 radical (unpaired) electrons. The predicted molar refractivity (Wildman–Crippen MR) is 347 cm³/mol. The van der Waals surface area contributed by atoms with Gasteiger partial charge in [-0.3, -0.25) is 9.59 Å². The van der Waals surface area contributed by atoms with E-state index in [0.29, 0.717) is 12.8 Å². The molecule has 1 saturated heterocycles. The summed E-state index contributed by atoms with van der Waals surface area (Å²) < 4.78 is 17.6. The normalized spacial score (nSPS) is 19.3. The highest BCUT2D eigenvalue weighted by molar-refractivity contribution is 5.81. The quantitative estimate of drug-likeness (QED) is 0.0195. The minimum atomic E-state index is -1.64. The van der Waals surface area contributed by atoms with E-state index in [9.17, 15) is 35.1 Å². The molecule has 1 aliphatic heterocycles. The number of aliphatic hydroxyl groups is 5. The van der Waals surface area contributed by atoms with Gasteiger partial charge in [-0.15, -0.1) is 0 Å². The van der Waals surface area contributed by atoms with Crippen LogP contribution >= 0.6 is 0 Å². The molecule has 0 saturated carbocycles. The predicted octanol–water partition coefficient (Wildman–Crippen LogP) is 16.6. The fourth-order valence-corrected chi connectivity index (χ4v) is 9.62. The van der Waals surface area contributed by atoms with Crippen LogP contribution in [0.5, 0.6) is 0 Å². The first-order valence-electron chi connectivity index (χ1n) is 33.3. The average Bonchev–Trinajstić information content (AvgIpc) is 3.54. The second-order valence-electron chi connectivity index (χ2n) is 22.5. The van der Waals surface area contributed by atoms with Crippen molar-refractivity contribution in [3.63, 3.8) is 0 Å². The molecule has 1 aliphatic rings. The Kier molecular flexibility index (Phi) is 54.3. The Morgan fingerprint density at radius 1 is 0.482 bits per heavy atom. The number of hydrogen-bond donors (Lipinski definition) is 6. The van der Waals surface area contributed by atoms with E-state index >= 15 is 0 Å². The van der Waals surface area contributed by atoms with Crippen molar-refractivity contribution in [3.05, 3.63) is 122 Å². The summed E-state index contributed by atoms with van der Waals surface area (Å²) >= 11 is 0. The van der Waals surface area contributed by atoms with Crippen LogP contribution in [0.25, 0.3) is 0 Å². The summed E-state index contributed by atoms with van der Waals surface area (Å²) in [6.07, 6.45) is 71.0. The van der Waals surface area contributed by atoms with Gasteiger partial charge in [0, 0.05) is 12.8 Å². The van der Waals surface area contributed by atoms with Gasteiger partial charge < -0.3 is 45.1 Å². The van der Waals surface area contributed by atoms with E-state index in [1.54, 1.807) is 12.2 Å². The topological polar surface area (TPSA) is 175 Å². The Bertz CT molecular complexity index is 1810. The van der Waals surface area contributed by atoms with Gasteiger partial charge in [-0.05, 0) is 96.3 Å². The fourth-order valence-electron chi connectivity index (χ4n) is 9.62. The lowest BCUT2D eigenvalue weighted by Crippen LogP contribution is -2.61. The summed E-state index contributed by atoms with van der Waals surface area (Å²) in [7, 11) is 0. The van der Waals surface area contributed by atoms with Crippen LogP contribution in [0.2, 0.25) is 0 Å². The molecule has 0 aliphatic carbocycles. The number of esters is 1. The van der Waals surface area contributed by atoms with Crippen LogP contribution in [0, 0.1) is 0 Å². The summed E-state index contributed by atoms with van der Waals surface area (Å²) in [5, 5.41) is 57.0. The van der Waals surface area contributed by atoms with Crippen LogP contribution < -0.4 is 5.32 Å². The maximum absolute atomic E-state index is 13.4. The van der Waals surface area contributed by atoms with Gasteiger partial charge in [0.25, 0.3) is 0 Å². The van der Waals surface area contributed by atoms with Crippen molar-refractivity contribution in [1.82, 2.24) is 5.32 Å². The van der Waals surface area contributed by atoms with E-state index in [-0.39, 0.29) is 19.4 Å². The SMILES string of the molecule is CC/C=C\C/C=C\C/C=C\C/C=C\C/C=C\C/C=C\CC(O)C(=O)NC(COC1OC(CO)C(O)C(O)C1OC(=O)CCCCCCCCCCCC/C=C\C/C=C\C/C=C\CCCCC)C(O)/C=C/CCCCCCCCCCCCC. The van der Waals surface area contributed by atoms with Gasteiger partial charge in [0.05, 0.1) is 25.4 Å². The maximum atomic E-state index is 13.4. The number of allylic oxidation sites excluding steroid dienone is 18. The minimum Gasteiger partial charge on any atom is -0.454 e. The molecular formula is C72H121NO10. The molecule has 83 heavy (non-hydrogen) atoms. The van der Waals surface area contributed by atoms with Crippen LogP contribution in [-0.2, 0) is 23.8 Å². The number of hydrogen-bond acceptors (Lipinski definition) is 10. The zero-order chi connectivity index (χ0) is 60.3. The highest BCUT2D eigenvalue weighted by Crippen LogP contribution is 2.26. The van der Waals surface area contributed by atoms with E-state index in [0.717, 1.165) is 103 Å². The molecule has 1 rings (SSSR count). The number of rotatable bonds is 55. The molecule has 474 valence electrons. The fraction of sp³-hybridized carbons (Fsp3) is 0.694. The molecule has 1 heterocycles. The molecule has 0 bridgehead atoms. The second kappa shape index (κ2) is 58.4. The largest absolute Gasteiger partial charge is 0.454 e. The lowest BCUT2D eigenvalue weighted by atomic mass is 9.99. The minimum absolute atomic E-state index is 0.0520. The van der Waals surface area contributed by atoms with E-state index < -0.39 is 67.4 Å². The third-order valence-corrected chi connectivity index (χ3v) is 14.9. The van der Waals surface area contributed by atoms with Gasteiger partial charge in [-0.2, -0.15) is 0 Å². The monoisotopic (exact) mass is 1160 g/mol. The summed E-state index contributed by atoms with van der Waals surface area (Å²) in [4.78, 5) is 26.6. The molecule has 8 atom stereocenters. The molecule has 1 fully saturated rings. The standard InChI is InChI=1S/C72H121NO10/c1-4-7-10-13-16-19-22-25-27-29-31-32-33-34-35-37-39-42-45-48-51-54-57-60-67(77)83-70-69(79)68(78)66(61-74)82-72(70)81-62-63(64(75)58-55-52-49-46-43-40-24-21-18-15-12-9-6-3)73-71(80)65(76)59-56-53-50-47-44-41-38-36-30-28-26-23-20-17-14-11-8-5-2/h8,11,16-17,19-20,25-28,31-32,36,38,44,47,53,55-56,58,63-66,68-70,72,74-76,78-79H,4-7,9-10,12-15,18,21-24,29-30,33-35,37,39-43,45-46,48-52,54,57,59-62H2,1-3H3,(H,73,80)/b11-8-,19-16-,20-17-,27-25-,28-26-,32-31-,38-36-,47-44-,56-53-,58-55+. The third kappa shape index (κ3) is 46.0. The first-order chi connectivity index (χ1) is 40.7. The highest BCUT2D eigenvalue weighted by atomic mass is 16.7. The van der Waals surface area contributed by atoms with Crippen molar-refractivity contribution in [1.29, 1.82) is 0 Å². The van der Waals surface area contributed by atoms with Crippen molar-refractivity contribution >= 4 is 11.9 Å². The van der Waals surface area contributed by atoms with Gasteiger partial charge in [-0.25, -0.2) is 0 Å². The van der Waals surface area contributed by atoms with Crippen LogP contribution in [0.15, 0.2) is 122 Å². The number of nitrogens with one attached hydrogen (secondary N) is 1.